The molecule has 0 aliphatic carbocycles. The number of rotatable bonds is 9. The van der Waals surface area contributed by atoms with Crippen LogP contribution in [0.4, 0.5) is 0 Å². The largest absolute Gasteiger partial charge is 0.394 e. The third kappa shape index (κ3) is 8.12. The molecule has 0 aromatic heterocycles. The van der Waals surface area contributed by atoms with Gasteiger partial charge in [-0.3, -0.25) is 0 Å². The van der Waals surface area contributed by atoms with Gasteiger partial charge < -0.3 is 109 Å². The Morgan fingerprint density at radius 3 is 1.62 bits per heavy atom. The smallest absolute Gasteiger partial charge is 0.187 e. The standard InChI is InChI=1S/C28H48O22/c1-6-11(32)15(36)17(38)26(44-6)47-20-10(3-29)46-28(23(18(20)39)50-25-16(37)13(34)8(30)5-43-25)48-21-12(33)7(2)45-27(19(21)40)49-22-14(35)9(31)4-42-24(22)41/h6-41H,3-5H2,1-2H3/t6-,7-,8+,9-,10+,11-,12-,13-,14-,15+,16+,17+,18-,19+,20+,21+,22+,23+,24+,25-,26-,27-,28-/m0/s1. The maximum Gasteiger partial charge on any atom is 0.187 e. The maximum atomic E-state index is 11.6. The van der Waals surface area contributed by atoms with Gasteiger partial charge in [0.05, 0.1) is 32.0 Å². The summed E-state index contributed by atoms with van der Waals surface area (Å²) in [6.45, 7) is 0.889. The normalized spacial score (nSPS) is 55.1. The molecule has 5 aliphatic rings. The molecule has 22 nitrogen and oxygen atoms in total. The van der Waals surface area contributed by atoms with Crippen molar-refractivity contribution in [1.29, 1.82) is 0 Å². The van der Waals surface area contributed by atoms with Gasteiger partial charge in [0.1, 0.15) is 97.7 Å². The molecule has 0 bridgehead atoms. The molecule has 0 unspecified atom stereocenters. The topological polar surface area (TPSA) is 346 Å². The van der Waals surface area contributed by atoms with Crippen LogP contribution in [0.25, 0.3) is 0 Å². The minimum Gasteiger partial charge on any atom is -0.394 e. The van der Waals surface area contributed by atoms with E-state index in [2.05, 4.69) is 0 Å². The van der Waals surface area contributed by atoms with Crippen molar-refractivity contribution in [2.24, 2.45) is 0 Å². The molecule has 5 aliphatic heterocycles. The first-order chi connectivity index (χ1) is 23.5. The van der Waals surface area contributed by atoms with E-state index in [1.54, 1.807) is 0 Å². The molecule has 5 saturated heterocycles. The van der Waals surface area contributed by atoms with Crippen molar-refractivity contribution < 1.29 is 109 Å². The van der Waals surface area contributed by atoms with E-state index in [9.17, 15) is 66.4 Å². The van der Waals surface area contributed by atoms with Crippen molar-refractivity contribution in [1.82, 2.24) is 0 Å². The molecular weight excluding hydrogens is 688 g/mol. The summed E-state index contributed by atoms with van der Waals surface area (Å²) in [6.07, 6.45) is -38.5. The van der Waals surface area contributed by atoms with Gasteiger partial charge in [-0.2, -0.15) is 0 Å². The number of ether oxygens (including phenoxy) is 9. The summed E-state index contributed by atoms with van der Waals surface area (Å²) in [5.41, 5.74) is 0. The average molecular weight is 737 g/mol. The Hall–Kier alpha value is -0.880. The van der Waals surface area contributed by atoms with E-state index in [0.717, 1.165) is 0 Å². The Bertz CT molecular complexity index is 1080. The summed E-state index contributed by atoms with van der Waals surface area (Å²) in [5, 5.41) is 136. The van der Waals surface area contributed by atoms with Gasteiger partial charge in [0.25, 0.3) is 0 Å². The number of hydrogen-bond donors (Lipinski definition) is 13. The van der Waals surface area contributed by atoms with E-state index in [4.69, 9.17) is 42.6 Å². The van der Waals surface area contributed by atoms with Crippen LogP contribution in [-0.4, -0.2) is 228 Å². The number of hydrogen-bond acceptors (Lipinski definition) is 22. The third-order valence-electron chi connectivity index (χ3n) is 9.46. The lowest BCUT2D eigenvalue weighted by atomic mass is 9.95. The van der Waals surface area contributed by atoms with E-state index in [1.807, 2.05) is 0 Å². The molecule has 5 fully saturated rings. The molecule has 5 rings (SSSR count). The molecule has 50 heavy (non-hydrogen) atoms. The Labute approximate surface area is 284 Å². The van der Waals surface area contributed by atoms with Crippen molar-refractivity contribution in [3.63, 3.8) is 0 Å². The second-order valence-electron chi connectivity index (χ2n) is 13.0. The number of aliphatic hydroxyl groups excluding tert-OH is 13. The van der Waals surface area contributed by atoms with Crippen LogP contribution in [0.15, 0.2) is 0 Å². The first kappa shape index (κ1) is 40.3. The van der Waals surface area contributed by atoms with Gasteiger partial charge >= 0.3 is 0 Å². The van der Waals surface area contributed by atoms with E-state index < -0.39 is 161 Å². The molecule has 22 heteroatoms. The van der Waals surface area contributed by atoms with Crippen LogP contribution in [0.1, 0.15) is 13.8 Å². The maximum absolute atomic E-state index is 11.6. The Kier molecular flexibility index (Phi) is 13.4. The zero-order valence-corrected chi connectivity index (χ0v) is 26.9. The lowest BCUT2D eigenvalue weighted by Gasteiger charge is -2.50. The monoisotopic (exact) mass is 736 g/mol. The highest BCUT2D eigenvalue weighted by Gasteiger charge is 2.56. The second-order valence-corrected chi connectivity index (χ2v) is 13.0. The predicted molar refractivity (Wildman–Crippen MR) is 152 cm³/mol. The number of aliphatic hydroxyl groups is 13. The summed E-state index contributed by atoms with van der Waals surface area (Å²) in [7, 11) is 0. The van der Waals surface area contributed by atoms with Crippen LogP contribution in [0.3, 0.4) is 0 Å². The van der Waals surface area contributed by atoms with Gasteiger partial charge in [-0.15, -0.1) is 0 Å². The molecule has 0 spiro atoms. The van der Waals surface area contributed by atoms with Crippen molar-refractivity contribution in [2.75, 3.05) is 19.8 Å². The summed E-state index contributed by atoms with van der Waals surface area (Å²) in [5.74, 6) is 0. The molecular formula is C28H48O22. The minimum atomic E-state index is -1.97. The van der Waals surface area contributed by atoms with E-state index in [1.165, 1.54) is 13.8 Å². The van der Waals surface area contributed by atoms with Crippen molar-refractivity contribution in [2.45, 2.75) is 155 Å². The highest BCUT2D eigenvalue weighted by molar-refractivity contribution is 4.98. The van der Waals surface area contributed by atoms with E-state index in [0.29, 0.717) is 0 Å². The SMILES string of the molecule is C[C@@H]1O[C@@H](O[C@H]2[C@H](O)[C@@H](O[C@@H]3OC[C@@H](O)[C@H](O)[C@H]3O)[C@H](O[C@@H]3[C@@H](O)[C@H](C)O[C@@H](O[C@@H]4[C@@H](O)[C@@H](O)CO[C@H]4O)[C@@H]3O)O[C@@H]2CO)[C@H](O)[C@H](O)[C@H]1O. The van der Waals surface area contributed by atoms with Gasteiger partial charge in [0.15, 0.2) is 31.5 Å². The Balaban J connectivity index is 1.39. The fourth-order valence-electron chi connectivity index (χ4n) is 6.30. The predicted octanol–water partition coefficient (Wildman–Crippen LogP) is -8.59. The van der Waals surface area contributed by atoms with Gasteiger partial charge in [-0.1, -0.05) is 0 Å². The minimum absolute atomic E-state index is 0.417. The van der Waals surface area contributed by atoms with Crippen LogP contribution in [0.2, 0.25) is 0 Å². The molecule has 0 amide bonds. The highest BCUT2D eigenvalue weighted by atomic mass is 16.8. The van der Waals surface area contributed by atoms with Gasteiger partial charge in [-0.05, 0) is 13.8 Å². The Morgan fingerprint density at radius 2 is 0.960 bits per heavy atom. The fourth-order valence-corrected chi connectivity index (χ4v) is 6.30. The summed E-state index contributed by atoms with van der Waals surface area (Å²) in [4.78, 5) is 0. The zero-order chi connectivity index (χ0) is 36.8. The van der Waals surface area contributed by atoms with Crippen LogP contribution in [0.5, 0.6) is 0 Å². The van der Waals surface area contributed by atoms with Crippen LogP contribution in [0, 0.1) is 0 Å². The second kappa shape index (κ2) is 16.6. The molecule has 23 atom stereocenters. The molecule has 0 aromatic carbocycles. The lowest BCUT2D eigenvalue weighted by Crippen LogP contribution is -2.68. The van der Waals surface area contributed by atoms with Gasteiger partial charge in [-0.25, -0.2) is 0 Å². The fraction of sp³-hybridized carbons (Fsp3) is 1.00. The van der Waals surface area contributed by atoms with E-state index >= 15 is 0 Å². The van der Waals surface area contributed by atoms with Crippen LogP contribution >= 0.6 is 0 Å². The van der Waals surface area contributed by atoms with Crippen LogP contribution in [-0.2, 0) is 42.6 Å². The van der Waals surface area contributed by atoms with Crippen molar-refractivity contribution in [3.8, 4) is 0 Å². The summed E-state index contributed by atoms with van der Waals surface area (Å²) >= 11 is 0. The first-order valence-electron chi connectivity index (χ1n) is 16.1. The van der Waals surface area contributed by atoms with Gasteiger partial charge in [0.2, 0.25) is 0 Å². The Morgan fingerprint density at radius 1 is 0.440 bits per heavy atom. The molecule has 0 radical (unpaired) electrons. The highest BCUT2D eigenvalue weighted by Crippen LogP contribution is 2.35. The molecule has 13 N–H and O–H groups in total. The molecule has 0 saturated carbocycles. The summed E-state index contributed by atoms with van der Waals surface area (Å²) < 4.78 is 50.1. The summed E-state index contributed by atoms with van der Waals surface area (Å²) in [6, 6.07) is 0. The lowest BCUT2D eigenvalue weighted by molar-refractivity contribution is -0.401. The molecule has 0 aromatic rings. The van der Waals surface area contributed by atoms with Gasteiger partial charge in [0, 0.05) is 0 Å². The molecule has 292 valence electrons. The third-order valence-corrected chi connectivity index (χ3v) is 9.46. The van der Waals surface area contributed by atoms with Crippen molar-refractivity contribution in [3.05, 3.63) is 0 Å². The quantitative estimate of drug-likeness (QED) is 0.104. The van der Waals surface area contributed by atoms with Crippen LogP contribution < -0.4 is 0 Å². The molecule has 5 heterocycles. The first-order valence-corrected chi connectivity index (χ1v) is 16.1. The van der Waals surface area contributed by atoms with Crippen molar-refractivity contribution >= 4 is 0 Å². The average Bonchev–Trinajstić information content (AvgIpc) is 3.08. The van der Waals surface area contributed by atoms with E-state index in [-0.39, 0.29) is 0 Å². The zero-order valence-electron chi connectivity index (χ0n) is 26.9.